The number of esters is 2. The van der Waals surface area contributed by atoms with Crippen molar-refractivity contribution in [1.29, 1.82) is 0 Å². The standard InChI is InChI=1S/C86H133NO8/c1-6-8-10-12-14-16-18-20-22-24-26-28-30-32-34-36-38-39-40-41-42-43-44-45-47-49-51-53-55-57-59-61-63-65-67-69-71-73-75-77-84(89)95-82(81-94-86(85(90)91)92-79-78-87(3,4)5)80-93-83(88)76-74-72-70-68-66-64-62-60-58-56-54-52-50-48-46-37-35-33-31-29-27-25-23-21-19-17-15-13-11-9-7-2/h8-11,14-17,20-23,26-29,32-35,38-39,41-42,44-46,48-49,51-52,54-55,57,61,63,82,86H,6-7,12-13,18-19,24-25,30-31,36-37,40,43,47,50,53,56,58-60,62,64-81H2,1-5H3/p+1/b10-8-,11-9-,16-14-,17-15-,22-20-,23-21-,28-26-,29-27-,34-32-,35-33-,39-38-,42-41-,45-44-,48-46-,51-49-,54-52-,57-55-,63-61-. The first-order valence-electron chi connectivity index (χ1n) is 36.9. The van der Waals surface area contributed by atoms with Crippen molar-refractivity contribution in [2.75, 3.05) is 47.5 Å². The maximum Gasteiger partial charge on any atom is 0.361 e. The normalized spacial score (nSPS) is 14.0. The lowest BCUT2D eigenvalue weighted by atomic mass is 10.1. The molecular formula is C86H134NO8+. The van der Waals surface area contributed by atoms with Gasteiger partial charge in [0.05, 0.1) is 34.4 Å². The van der Waals surface area contributed by atoms with Crippen LogP contribution in [0.3, 0.4) is 0 Å². The van der Waals surface area contributed by atoms with E-state index >= 15 is 0 Å². The third-order valence-corrected chi connectivity index (χ3v) is 14.7. The molecule has 0 bridgehead atoms. The Balaban J connectivity index is 4.25. The number of unbranched alkanes of at least 4 members (excludes halogenated alkanes) is 14. The summed E-state index contributed by atoms with van der Waals surface area (Å²) in [7, 11) is 5.95. The van der Waals surface area contributed by atoms with Crippen LogP contribution < -0.4 is 0 Å². The minimum Gasteiger partial charge on any atom is -0.477 e. The quantitative estimate of drug-likeness (QED) is 0.0211. The highest BCUT2D eigenvalue weighted by molar-refractivity contribution is 5.71. The molecule has 0 aromatic rings. The summed E-state index contributed by atoms with van der Waals surface area (Å²) in [5.41, 5.74) is 0. The molecule has 0 saturated carbocycles. The van der Waals surface area contributed by atoms with Crippen molar-refractivity contribution < 1.29 is 42.9 Å². The first-order valence-corrected chi connectivity index (χ1v) is 36.9. The first-order chi connectivity index (χ1) is 46.6. The zero-order valence-corrected chi connectivity index (χ0v) is 60.5. The molecule has 0 aliphatic carbocycles. The summed E-state index contributed by atoms with van der Waals surface area (Å²) in [6.45, 7) is 4.59. The second-order valence-corrected chi connectivity index (χ2v) is 24.8. The fraction of sp³-hybridized carbons (Fsp3) is 0.547. The zero-order valence-electron chi connectivity index (χ0n) is 60.5. The Kier molecular flexibility index (Phi) is 68.5. The van der Waals surface area contributed by atoms with E-state index in [4.69, 9.17) is 18.9 Å². The molecule has 2 unspecified atom stereocenters. The molecule has 0 heterocycles. The number of rotatable bonds is 65. The lowest BCUT2D eigenvalue weighted by molar-refractivity contribution is -0.870. The molecule has 0 rings (SSSR count). The monoisotopic (exact) mass is 1310 g/mol. The predicted molar refractivity (Wildman–Crippen MR) is 409 cm³/mol. The Hall–Kier alpha value is -6.39. The highest BCUT2D eigenvalue weighted by Crippen LogP contribution is 2.15. The van der Waals surface area contributed by atoms with Crippen LogP contribution in [0, 0.1) is 0 Å². The summed E-state index contributed by atoms with van der Waals surface area (Å²) in [5, 5.41) is 9.76. The van der Waals surface area contributed by atoms with Gasteiger partial charge in [-0.3, -0.25) is 9.59 Å². The van der Waals surface area contributed by atoms with Crippen LogP contribution in [0.5, 0.6) is 0 Å². The lowest BCUT2D eigenvalue weighted by Gasteiger charge is -2.25. The number of carboxylic acids is 1. The molecule has 0 spiro atoms. The second kappa shape index (κ2) is 73.4. The third-order valence-electron chi connectivity index (χ3n) is 14.7. The number of carbonyl (C=O) groups excluding carboxylic acids is 2. The minimum absolute atomic E-state index is 0.170. The smallest absolute Gasteiger partial charge is 0.361 e. The minimum atomic E-state index is -1.53. The van der Waals surface area contributed by atoms with E-state index in [9.17, 15) is 19.5 Å². The largest absolute Gasteiger partial charge is 0.477 e. The van der Waals surface area contributed by atoms with Crippen LogP contribution in [0.25, 0.3) is 0 Å². The van der Waals surface area contributed by atoms with Crippen molar-refractivity contribution >= 4 is 17.9 Å². The van der Waals surface area contributed by atoms with Gasteiger partial charge in [-0.1, -0.05) is 297 Å². The van der Waals surface area contributed by atoms with Gasteiger partial charge in [0.15, 0.2) is 6.10 Å². The summed E-state index contributed by atoms with van der Waals surface area (Å²) in [6.07, 6.45) is 113. The van der Waals surface area contributed by atoms with Gasteiger partial charge in [-0.15, -0.1) is 0 Å². The Morgan fingerprint density at radius 2 is 0.568 bits per heavy atom. The number of ether oxygens (including phenoxy) is 4. The predicted octanol–water partition coefficient (Wildman–Crippen LogP) is 23.7. The maximum atomic E-state index is 13.0. The third kappa shape index (κ3) is 74.9. The number of hydrogen-bond donors (Lipinski definition) is 1. The summed E-state index contributed by atoms with van der Waals surface area (Å²) in [4.78, 5) is 37.7. The molecule has 0 fully saturated rings. The average Bonchev–Trinajstić information content (AvgIpc) is 2.92. The number of hydrogen-bond acceptors (Lipinski definition) is 7. The number of carbonyl (C=O) groups is 3. The van der Waals surface area contributed by atoms with Crippen molar-refractivity contribution in [3.05, 3.63) is 219 Å². The van der Waals surface area contributed by atoms with E-state index in [1.54, 1.807) is 0 Å². The van der Waals surface area contributed by atoms with Crippen LogP contribution in [0.15, 0.2) is 219 Å². The molecular weight excluding hydrogens is 1170 g/mol. The Morgan fingerprint density at radius 3 is 0.842 bits per heavy atom. The molecule has 530 valence electrons. The van der Waals surface area contributed by atoms with Crippen LogP contribution in [-0.2, 0) is 33.3 Å². The number of quaternary nitrogens is 1. The zero-order chi connectivity index (χ0) is 69.0. The molecule has 0 aromatic carbocycles. The summed E-state index contributed by atoms with van der Waals surface area (Å²) in [5.74, 6) is -2.06. The summed E-state index contributed by atoms with van der Waals surface area (Å²) < 4.78 is 22.9. The van der Waals surface area contributed by atoms with E-state index in [0.29, 0.717) is 17.4 Å². The molecule has 0 radical (unpaired) electrons. The van der Waals surface area contributed by atoms with Gasteiger partial charge in [-0.25, -0.2) is 4.79 Å². The molecule has 0 saturated heterocycles. The van der Waals surface area contributed by atoms with Crippen molar-refractivity contribution in [2.45, 2.75) is 257 Å². The van der Waals surface area contributed by atoms with Gasteiger partial charge in [0, 0.05) is 12.8 Å². The molecule has 0 aromatic heterocycles. The molecule has 1 N–H and O–H groups in total. The van der Waals surface area contributed by atoms with Gasteiger partial charge < -0.3 is 28.5 Å². The molecule has 95 heavy (non-hydrogen) atoms. The molecule has 0 aliphatic rings. The number of aliphatic carboxylic acids is 1. The van der Waals surface area contributed by atoms with Gasteiger partial charge in [0.2, 0.25) is 0 Å². The van der Waals surface area contributed by atoms with Gasteiger partial charge in [-0.05, 0) is 154 Å². The van der Waals surface area contributed by atoms with Crippen LogP contribution in [0.1, 0.15) is 245 Å². The van der Waals surface area contributed by atoms with Crippen molar-refractivity contribution in [3.63, 3.8) is 0 Å². The fourth-order valence-electron chi connectivity index (χ4n) is 9.17. The summed E-state index contributed by atoms with van der Waals surface area (Å²) in [6, 6.07) is 0. The first kappa shape index (κ1) is 88.6. The SMILES string of the molecule is CC/C=C\C/C=C\C/C=C\C/C=C\C/C=C\C/C=C\C/C=C\C/C=C\C/C=C\C/C=C\C/C=C\CCCCCCCC(=O)OC(COC(=O)CCCCCCCCCCC/C=C\C/C=C\C/C=C\C/C=C\C/C=C\C/C=C\C/C=C\CC)COC(OCC[N+](C)(C)C)C(=O)O. The van der Waals surface area contributed by atoms with Crippen molar-refractivity contribution in [3.8, 4) is 0 Å². The lowest BCUT2D eigenvalue weighted by Crippen LogP contribution is -2.40. The number of likely N-dealkylation sites (N-methyl/N-ethyl adjacent to an activating group) is 1. The van der Waals surface area contributed by atoms with Crippen LogP contribution in [0.2, 0.25) is 0 Å². The fourth-order valence-corrected chi connectivity index (χ4v) is 9.17. The molecule has 9 heteroatoms. The van der Waals surface area contributed by atoms with E-state index in [1.807, 2.05) is 21.1 Å². The van der Waals surface area contributed by atoms with Gasteiger partial charge >= 0.3 is 17.9 Å². The highest BCUT2D eigenvalue weighted by atomic mass is 16.7. The highest BCUT2D eigenvalue weighted by Gasteiger charge is 2.25. The maximum absolute atomic E-state index is 13.0. The van der Waals surface area contributed by atoms with Crippen LogP contribution in [0.4, 0.5) is 0 Å². The van der Waals surface area contributed by atoms with Crippen LogP contribution >= 0.6 is 0 Å². The van der Waals surface area contributed by atoms with E-state index < -0.39 is 24.3 Å². The number of allylic oxidation sites excluding steroid dienone is 36. The second-order valence-electron chi connectivity index (χ2n) is 24.8. The van der Waals surface area contributed by atoms with E-state index in [0.717, 1.165) is 180 Å². The summed E-state index contributed by atoms with van der Waals surface area (Å²) >= 11 is 0. The molecule has 0 amide bonds. The molecule has 9 nitrogen and oxygen atoms in total. The molecule has 0 aliphatic heterocycles. The van der Waals surface area contributed by atoms with Crippen LogP contribution in [-0.4, -0.2) is 87.4 Å². The Morgan fingerprint density at radius 1 is 0.316 bits per heavy atom. The van der Waals surface area contributed by atoms with Crippen molar-refractivity contribution in [1.82, 2.24) is 0 Å². The van der Waals surface area contributed by atoms with E-state index in [1.165, 1.54) is 32.1 Å². The average molecular weight is 1310 g/mol. The van der Waals surface area contributed by atoms with Gasteiger partial charge in [0.1, 0.15) is 13.2 Å². The van der Waals surface area contributed by atoms with E-state index in [2.05, 4.69) is 233 Å². The number of carboxylic acid groups (broad SMARTS) is 1. The Bertz CT molecular complexity index is 2370. The van der Waals surface area contributed by atoms with Gasteiger partial charge in [-0.2, -0.15) is 0 Å². The van der Waals surface area contributed by atoms with Gasteiger partial charge in [0.25, 0.3) is 6.29 Å². The molecule has 2 atom stereocenters. The Labute approximate surface area is 581 Å². The van der Waals surface area contributed by atoms with E-state index in [-0.39, 0.29) is 38.6 Å². The topological polar surface area (TPSA) is 108 Å². The van der Waals surface area contributed by atoms with Crippen molar-refractivity contribution in [2.24, 2.45) is 0 Å². The number of nitrogens with zero attached hydrogens (tertiary/aromatic N) is 1.